The lowest BCUT2D eigenvalue weighted by atomic mass is 10.1. The standard InChI is InChI=1S/C24H23FN4O4/c1-3-32-24(31)16-12-28(2)23-15(22(16)30)9-14-10-17(25)20(11-18(14)27-23)29-7-6-26-19(13-29)21-5-4-8-33-21/h4-5,8-12,19,26H,3,6-7,13H2,1-2H3. The summed E-state index contributed by atoms with van der Waals surface area (Å²) < 4.78 is 27.3. The quantitative estimate of drug-likeness (QED) is 0.377. The maximum atomic E-state index is 15.2. The van der Waals surface area contributed by atoms with Gasteiger partial charge in [0.05, 0.1) is 35.5 Å². The number of pyridine rings is 2. The molecule has 4 heterocycles. The van der Waals surface area contributed by atoms with Gasteiger partial charge in [0.2, 0.25) is 5.43 Å². The first kappa shape index (κ1) is 21.1. The van der Waals surface area contributed by atoms with E-state index in [1.165, 1.54) is 12.3 Å². The SMILES string of the molecule is CCOC(=O)c1cn(C)c2nc3cc(N4CCNC(c5ccco5)C4)c(F)cc3cc2c1=O. The molecule has 1 aliphatic rings. The van der Waals surface area contributed by atoms with E-state index in [1.54, 1.807) is 36.9 Å². The molecule has 5 rings (SSSR count). The van der Waals surface area contributed by atoms with Crippen molar-refractivity contribution in [2.75, 3.05) is 31.1 Å². The largest absolute Gasteiger partial charge is 0.468 e. The minimum absolute atomic E-state index is 0.0458. The zero-order valence-corrected chi connectivity index (χ0v) is 18.3. The molecule has 1 N–H and O–H groups in total. The highest BCUT2D eigenvalue weighted by molar-refractivity contribution is 5.97. The number of carbonyl (C=O) groups is 1. The molecule has 1 aromatic carbocycles. The summed E-state index contributed by atoms with van der Waals surface area (Å²) in [6.07, 6.45) is 3.05. The number of aromatic nitrogens is 2. The highest BCUT2D eigenvalue weighted by Gasteiger charge is 2.25. The molecular weight excluding hydrogens is 427 g/mol. The van der Waals surface area contributed by atoms with Gasteiger partial charge in [0.25, 0.3) is 0 Å². The second kappa shape index (κ2) is 8.32. The molecule has 33 heavy (non-hydrogen) atoms. The lowest BCUT2D eigenvalue weighted by Crippen LogP contribution is -2.46. The van der Waals surface area contributed by atoms with Gasteiger partial charge < -0.3 is 23.9 Å². The maximum absolute atomic E-state index is 15.2. The van der Waals surface area contributed by atoms with Crippen molar-refractivity contribution in [3.8, 4) is 0 Å². The fourth-order valence-electron chi connectivity index (χ4n) is 4.31. The number of fused-ring (bicyclic) bond motifs is 2. The van der Waals surface area contributed by atoms with E-state index in [0.717, 1.165) is 5.76 Å². The van der Waals surface area contributed by atoms with Gasteiger partial charge in [0.1, 0.15) is 22.8 Å². The Bertz CT molecular complexity index is 1410. The minimum Gasteiger partial charge on any atom is -0.468 e. The number of anilines is 1. The maximum Gasteiger partial charge on any atom is 0.343 e. The van der Waals surface area contributed by atoms with Gasteiger partial charge in [-0.25, -0.2) is 14.2 Å². The van der Waals surface area contributed by atoms with E-state index in [9.17, 15) is 9.59 Å². The average Bonchev–Trinajstić information content (AvgIpc) is 3.35. The lowest BCUT2D eigenvalue weighted by Gasteiger charge is -2.34. The molecule has 1 atom stereocenters. The van der Waals surface area contributed by atoms with Crippen molar-refractivity contribution in [2.45, 2.75) is 13.0 Å². The number of ether oxygens (including phenoxy) is 1. The first-order valence-electron chi connectivity index (χ1n) is 10.8. The molecule has 1 saturated heterocycles. The number of esters is 1. The summed E-state index contributed by atoms with van der Waals surface area (Å²) in [4.78, 5) is 31.7. The van der Waals surface area contributed by atoms with Crippen LogP contribution < -0.4 is 15.6 Å². The van der Waals surface area contributed by atoms with Crippen LogP contribution in [-0.2, 0) is 11.8 Å². The zero-order valence-electron chi connectivity index (χ0n) is 18.3. The summed E-state index contributed by atoms with van der Waals surface area (Å²) in [5.41, 5.74) is 0.858. The Kier molecular flexibility index (Phi) is 5.33. The molecule has 0 amide bonds. The van der Waals surface area contributed by atoms with E-state index < -0.39 is 17.2 Å². The predicted octanol–water partition coefficient (Wildman–Crippen LogP) is 3.15. The molecule has 3 aromatic heterocycles. The Hall–Kier alpha value is -3.72. The average molecular weight is 450 g/mol. The highest BCUT2D eigenvalue weighted by Crippen LogP contribution is 2.29. The Morgan fingerprint density at radius 3 is 2.97 bits per heavy atom. The smallest absolute Gasteiger partial charge is 0.343 e. The number of hydrogen-bond acceptors (Lipinski definition) is 7. The van der Waals surface area contributed by atoms with Crippen LogP contribution >= 0.6 is 0 Å². The molecule has 1 unspecified atom stereocenters. The van der Waals surface area contributed by atoms with Crippen molar-refractivity contribution in [2.24, 2.45) is 7.05 Å². The van der Waals surface area contributed by atoms with Crippen LogP contribution in [0, 0.1) is 5.82 Å². The highest BCUT2D eigenvalue weighted by atomic mass is 19.1. The number of aryl methyl sites for hydroxylation is 1. The fraction of sp³-hybridized carbons (Fsp3) is 0.292. The minimum atomic E-state index is -0.688. The number of nitrogens with zero attached hydrogens (tertiary/aromatic N) is 3. The number of carbonyl (C=O) groups excluding carboxylic acids is 1. The molecule has 8 nitrogen and oxygen atoms in total. The molecular formula is C24H23FN4O4. The molecule has 0 aliphatic carbocycles. The molecule has 0 bridgehead atoms. The number of rotatable bonds is 4. The lowest BCUT2D eigenvalue weighted by molar-refractivity contribution is 0.0524. The number of furan rings is 1. The Morgan fingerprint density at radius 1 is 1.36 bits per heavy atom. The third-order valence-corrected chi connectivity index (χ3v) is 5.91. The van der Waals surface area contributed by atoms with Crippen molar-refractivity contribution in [3.05, 3.63) is 70.2 Å². The van der Waals surface area contributed by atoms with Crippen LogP contribution in [0.25, 0.3) is 21.9 Å². The molecule has 1 aliphatic heterocycles. The van der Waals surface area contributed by atoms with Gasteiger partial charge >= 0.3 is 5.97 Å². The third-order valence-electron chi connectivity index (χ3n) is 5.91. The normalized spacial score (nSPS) is 16.5. The van der Waals surface area contributed by atoms with Crippen LogP contribution in [0.3, 0.4) is 0 Å². The number of piperazine rings is 1. The zero-order chi connectivity index (χ0) is 23.1. The van der Waals surface area contributed by atoms with E-state index >= 15 is 4.39 Å². The number of nitrogens with one attached hydrogen (secondary N) is 1. The van der Waals surface area contributed by atoms with Crippen molar-refractivity contribution in [1.82, 2.24) is 14.9 Å². The van der Waals surface area contributed by atoms with Gasteiger partial charge in [-0.15, -0.1) is 0 Å². The van der Waals surface area contributed by atoms with Crippen LogP contribution in [0.4, 0.5) is 10.1 Å². The first-order valence-corrected chi connectivity index (χ1v) is 10.8. The van der Waals surface area contributed by atoms with Crippen LogP contribution in [0.2, 0.25) is 0 Å². The van der Waals surface area contributed by atoms with Crippen molar-refractivity contribution in [1.29, 1.82) is 0 Å². The van der Waals surface area contributed by atoms with E-state index in [1.807, 2.05) is 17.0 Å². The molecule has 9 heteroatoms. The van der Waals surface area contributed by atoms with Crippen molar-refractivity contribution < 1.29 is 18.3 Å². The van der Waals surface area contributed by atoms with Crippen LogP contribution in [0.15, 0.2) is 52.0 Å². The molecule has 0 radical (unpaired) electrons. The van der Waals surface area contributed by atoms with Gasteiger partial charge in [-0.05, 0) is 37.3 Å². The van der Waals surface area contributed by atoms with E-state index in [2.05, 4.69) is 10.3 Å². The monoisotopic (exact) mass is 450 g/mol. The van der Waals surface area contributed by atoms with Gasteiger partial charge in [0, 0.05) is 38.3 Å². The van der Waals surface area contributed by atoms with Gasteiger partial charge in [-0.2, -0.15) is 0 Å². The summed E-state index contributed by atoms with van der Waals surface area (Å²) in [5, 5.41) is 4.11. The molecule has 170 valence electrons. The summed E-state index contributed by atoms with van der Waals surface area (Å²) in [5.74, 6) is -0.286. The summed E-state index contributed by atoms with van der Waals surface area (Å²) in [6, 6.07) is 8.36. The fourth-order valence-corrected chi connectivity index (χ4v) is 4.31. The van der Waals surface area contributed by atoms with Gasteiger partial charge in [-0.1, -0.05) is 0 Å². The number of benzene rings is 1. The molecule has 0 spiro atoms. The van der Waals surface area contributed by atoms with Crippen molar-refractivity contribution in [3.63, 3.8) is 0 Å². The predicted molar refractivity (Wildman–Crippen MR) is 122 cm³/mol. The van der Waals surface area contributed by atoms with E-state index in [-0.39, 0.29) is 23.6 Å². The Morgan fingerprint density at radius 2 is 2.21 bits per heavy atom. The van der Waals surface area contributed by atoms with Crippen molar-refractivity contribution >= 4 is 33.6 Å². The second-order valence-electron chi connectivity index (χ2n) is 8.03. The summed E-state index contributed by atoms with van der Waals surface area (Å²) in [6.45, 7) is 3.70. The summed E-state index contributed by atoms with van der Waals surface area (Å²) in [7, 11) is 1.71. The van der Waals surface area contributed by atoms with Crippen LogP contribution in [0.5, 0.6) is 0 Å². The molecule has 4 aromatic rings. The third kappa shape index (κ3) is 3.74. The number of hydrogen-bond donors (Lipinski definition) is 1. The van der Waals surface area contributed by atoms with Crippen LogP contribution in [-0.4, -0.2) is 41.8 Å². The Balaban J connectivity index is 1.58. The summed E-state index contributed by atoms with van der Waals surface area (Å²) >= 11 is 0. The number of halogens is 1. The second-order valence-corrected chi connectivity index (χ2v) is 8.03. The molecule has 0 saturated carbocycles. The topological polar surface area (TPSA) is 89.6 Å². The first-order chi connectivity index (χ1) is 16.0. The van der Waals surface area contributed by atoms with Crippen LogP contribution in [0.1, 0.15) is 29.1 Å². The van der Waals surface area contributed by atoms with Gasteiger partial charge in [-0.3, -0.25) is 4.79 Å². The van der Waals surface area contributed by atoms with Gasteiger partial charge in [0.15, 0.2) is 0 Å². The van der Waals surface area contributed by atoms with E-state index in [0.29, 0.717) is 41.9 Å². The molecule has 1 fully saturated rings. The Labute approximate surface area is 188 Å². The van der Waals surface area contributed by atoms with E-state index in [4.69, 9.17) is 9.15 Å².